The van der Waals surface area contributed by atoms with Gasteiger partial charge in [0.25, 0.3) is 0 Å². The van der Waals surface area contributed by atoms with Gasteiger partial charge >= 0.3 is 0 Å². The topological polar surface area (TPSA) is 29.1 Å². The Balaban J connectivity index is 2.68. The third kappa shape index (κ3) is 2.83. The van der Waals surface area contributed by atoms with Crippen LogP contribution in [0.1, 0.15) is 25.3 Å². The van der Waals surface area contributed by atoms with Crippen molar-refractivity contribution in [3.8, 4) is 0 Å². The molecule has 0 aromatic heterocycles. The van der Waals surface area contributed by atoms with Crippen molar-refractivity contribution in [1.29, 1.82) is 0 Å². The van der Waals surface area contributed by atoms with Crippen molar-refractivity contribution in [2.45, 2.75) is 26.7 Å². The molecule has 0 radical (unpaired) electrons. The summed E-state index contributed by atoms with van der Waals surface area (Å²) in [7, 11) is 0. The van der Waals surface area contributed by atoms with Crippen molar-refractivity contribution >= 4 is 11.6 Å². The molecule has 0 aliphatic rings. The van der Waals surface area contributed by atoms with Crippen LogP contribution in [0.5, 0.6) is 0 Å². The molecule has 0 unspecified atom stereocenters. The third-order valence-corrected chi connectivity index (χ3v) is 1.92. The molecule has 0 saturated carbocycles. The van der Waals surface area contributed by atoms with Crippen LogP contribution < -0.4 is 5.32 Å². The Morgan fingerprint density at radius 1 is 1.50 bits per heavy atom. The molecule has 1 aromatic carbocycles. The Labute approximate surface area is 83.1 Å². The lowest BCUT2D eigenvalue weighted by Crippen LogP contribution is -2.10. The lowest BCUT2D eigenvalue weighted by atomic mass is 10.2. The Bertz CT molecular complexity index is 336. The van der Waals surface area contributed by atoms with Crippen LogP contribution in [0.2, 0.25) is 0 Å². The molecule has 2 nitrogen and oxygen atoms in total. The molecule has 1 N–H and O–H groups in total. The third-order valence-electron chi connectivity index (χ3n) is 1.92. The zero-order chi connectivity index (χ0) is 10.6. The second-order valence-electron chi connectivity index (χ2n) is 3.26. The number of benzene rings is 1. The van der Waals surface area contributed by atoms with Crippen LogP contribution in [0.15, 0.2) is 18.2 Å². The summed E-state index contributed by atoms with van der Waals surface area (Å²) in [4.78, 5) is 11.2. The number of amides is 1. The van der Waals surface area contributed by atoms with Gasteiger partial charge in [0, 0.05) is 12.1 Å². The first kappa shape index (κ1) is 10.7. The Morgan fingerprint density at radius 2 is 2.21 bits per heavy atom. The summed E-state index contributed by atoms with van der Waals surface area (Å²) in [5.41, 5.74) is 1.20. The van der Waals surface area contributed by atoms with Gasteiger partial charge in [0.1, 0.15) is 5.82 Å². The largest absolute Gasteiger partial charge is 0.326 e. The number of hydrogen-bond acceptors (Lipinski definition) is 1. The van der Waals surface area contributed by atoms with Gasteiger partial charge in [0.15, 0.2) is 0 Å². The maximum Gasteiger partial charge on any atom is 0.224 e. The predicted octanol–water partition coefficient (Wildman–Crippen LogP) is 2.87. The minimum absolute atomic E-state index is 0.0292. The van der Waals surface area contributed by atoms with Crippen LogP contribution in [-0.4, -0.2) is 5.91 Å². The highest BCUT2D eigenvalue weighted by molar-refractivity contribution is 5.90. The molecule has 14 heavy (non-hydrogen) atoms. The maximum atomic E-state index is 12.9. The molecule has 76 valence electrons. The minimum atomic E-state index is -0.251. The van der Waals surface area contributed by atoms with E-state index in [4.69, 9.17) is 0 Å². The number of rotatable bonds is 3. The van der Waals surface area contributed by atoms with Crippen molar-refractivity contribution in [2.75, 3.05) is 5.32 Å². The highest BCUT2D eigenvalue weighted by atomic mass is 19.1. The highest BCUT2D eigenvalue weighted by Crippen LogP contribution is 2.13. The van der Waals surface area contributed by atoms with Gasteiger partial charge in [-0.05, 0) is 37.1 Å². The number of carbonyl (C=O) groups is 1. The fourth-order valence-electron chi connectivity index (χ4n) is 1.17. The molecule has 0 spiro atoms. The van der Waals surface area contributed by atoms with E-state index in [-0.39, 0.29) is 11.7 Å². The average Bonchev–Trinajstić information content (AvgIpc) is 2.12. The van der Waals surface area contributed by atoms with E-state index in [1.54, 1.807) is 19.1 Å². The Kier molecular flexibility index (Phi) is 3.63. The standard InChI is InChI=1S/C11H14FNO/c1-3-4-11(14)13-9-5-6-10(12)8(2)7-9/h5-7H,3-4H2,1-2H3,(H,13,14). The molecular formula is C11H14FNO. The zero-order valence-corrected chi connectivity index (χ0v) is 8.43. The van der Waals surface area contributed by atoms with E-state index in [1.807, 2.05) is 6.92 Å². The van der Waals surface area contributed by atoms with Crippen molar-refractivity contribution in [1.82, 2.24) is 0 Å². The van der Waals surface area contributed by atoms with E-state index in [0.717, 1.165) is 6.42 Å². The number of hydrogen-bond donors (Lipinski definition) is 1. The molecule has 0 fully saturated rings. The van der Waals surface area contributed by atoms with Gasteiger partial charge in [0.2, 0.25) is 5.91 Å². The van der Waals surface area contributed by atoms with E-state index in [1.165, 1.54) is 6.07 Å². The van der Waals surface area contributed by atoms with Gasteiger partial charge in [0.05, 0.1) is 0 Å². The van der Waals surface area contributed by atoms with Gasteiger partial charge in [-0.1, -0.05) is 6.92 Å². The monoisotopic (exact) mass is 195 g/mol. The van der Waals surface area contributed by atoms with E-state index >= 15 is 0 Å². The maximum absolute atomic E-state index is 12.9. The quantitative estimate of drug-likeness (QED) is 0.789. The summed E-state index contributed by atoms with van der Waals surface area (Å²) in [5, 5.41) is 2.71. The van der Waals surface area contributed by atoms with Gasteiger partial charge < -0.3 is 5.32 Å². The Hall–Kier alpha value is -1.38. The lowest BCUT2D eigenvalue weighted by molar-refractivity contribution is -0.116. The van der Waals surface area contributed by atoms with E-state index in [2.05, 4.69) is 5.32 Å². The predicted molar refractivity (Wildman–Crippen MR) is 54.7 cm³/mol. The number of aryl methyl sites for hydroxylation is 1. The van der Waals surface area contributed by atoms with Gasteiger partial charge in [-0.2, -0.15) is 0 Å². The van der Waals surface area contributed by atoms with Crippen LogP contribution in [0.4, 0.5) is 10.1 Å². The van der Waals surface area contributed by atoms with Gasteiger partial charge in [-0.15, -0.1) is 0 Å². The molecule has 1 amide bonds. The lowest BCUT2D eigenvalue weighted by Gasteiger charge is -2.05. The summed E-state index contributed by atoms with van der Waals surface area (Å²) in [6.45, 7) is 3.61. The summed E-state index contributed by atoms with van der Waals surface area (Å²) in [5.74, 6) is -0.281. The fraction of sp³-hybridized carbons (Fsp3) is 0.364. The second-order valence-corrected chi connectivity index (χ2v) is 3.26. The average molecular weight is 195 g/mol. The van der Waals surface area contributed by atoms with Crippen LogP contribution in [-0.2, 0) is 4.79 Å². The number of anilines is 1. The first-order valence-electron chi connectivity index (χ1n) is 4.69. The second kappa shape index (κ2) is 4.74. The Morgan fingerprint density at radius 3 is 2.79 bits per heavy atom. The summed E-state index contributed by atoms with van der Waals surface area (Å²) in [6, 6.07) is 4.55. The zero-order valence-electron chi connectivity index (χ0n) is 8.43. The normalized spacial score (nSPS) is 9.93. The first-order valence-corrected chi connectivity index (χ1v) is 4.69. The molecule has 1 rings (SSSR count). The molecule has 0 saturated heterocycles. The molecule has 0 heterocycles. The number of carbonyl (C=O) groups excluding carboxylic acids is 1. The molecular weight excluding hydrogens is 181 g/mol. The van der Waals surface area contributed by atoms with Crippen LogP contribution in [0.3, 0.4) is 0 Å². The highest BCUT2D eigenvalue weighted by Gasteiger charge is 2.02. The van der Waals surface area contributed by atoms with Crippen LogP contribution in [0.25, 0.3) is 0 Å². The van der Waals surface area contributed by atoms with Gasteiger partial charge in [-0.3, -0.25) is 4.79 Å². The van der Waals surface area contributed by atoms with Crippen LogP contribution in [0, 0.1) is 12.7 Å². The molecule has 0 bridgehead atoms. The molecule has 3 heteroatoms. The van der Waals surface area contributed by atoms with E-state index in [0.29, 0.717) is 17.7 Å². The molecule has 0 aliphatic heterocycles. The van der Waals surface area contributed by atoms with Crippen molar-refractivity contribution in [2.24, 2.45) is 0 Å². The summed E-state index contributed by atoms with van der Waals surface area (Å²) in [6.07, 6.45) is 1.31. The van der Waals surface area contributed by atoms with E-state index in [9.17, 15) is 9.18 Å². The fourth-order valence-corrected chi connectivity index (χ4v) is 1.17. The number of nitrogens with one attached hydrogen (secondary N) is 1. The smallest absolute Gasteiger partial charge is 0.224 e. The van der Waals surface area contributed by atoms with Crippen molar-refractivity contribution in [3.63, 3.8) is 0 Å². The minimum Gasteiger partial charge on any atom is -0.326 e. The number of halogens is 1. The molecule has 0 aliphatic carbocycles. The van der Waals surface area contributed by atoms with Gasteiger partial charge in [-0.25, -0.2) is 4.39 Å². The van der Waals surface area contributed by atoms with E-state index < -0.39 is 0 Å². The van der Waals surface area contributed by atoms with Crippen molar-refractivity contribution < 1.29 is 9.18 Å². The summed E-state index contributed by atoms with van der Waals surface area (Å²) >= 11 is 0. The first-order chi connectivity index (χ1) is 6.63. The molecule has 0 atom stereocenters. The molecule has 1 aromatic rings. The van der Waals surface area contributed by atoms with Crippen molar-refractivity contribution in [3.05, 3.63) is 29.6 Å². The van der Waals surface area contributed by atoms with Crippen LogP contribution >= 0.6 is 0 Å². The SMILES string of the molecule is CCCC(=O)Nc1ccc(F)c(C)c1. The summed E-state index contributed by atoms with van der Waals surface area (Å²) < 4.78 is 12.9.